The van der Waals surface area contributed by atoms with Crippen molar-refractivity contribution in [3.05, 3.63) is 108 Å². The zero-order valence-electron chi connectivity index (χ0n) is 64.0. The summed E-state index contributed by atoms with van der Waals surface area (Å²) >= 11 is 43.6. The fourth-order valence-electron chi connectivity index (χ4n) is 12.4. The maximum absolute atomic E-state index is 14.9. The number of amides is 2. The summed E-state index contributed by atoms with van der Waals surface area (Å²) in [5.74, 6) is -8.78. The molecule has 0 unspecified atom stereocenters. The van der Waals surface area contributed by atoms with Crippen LogP contribution in [0.5, 0.6) is 0 Å². The number of alkyl halides is 7. The number of benzene rings is 3. The van der Waals surface area contributed by atoms with Crippen molar-refractivity contribution in [1.82, 2.24) is 10.6 Å². The van der Waals surface area contributed by atoms with Crippen molar-refractivity contribution in [2.45, 2.75) is 245 Å². The Morgan fingerprint density at radius 3 is 1.30 bits per heavy atom. The number of rotatable bonds is 37. The number of esters is 7. The lowest BCUT2D eigenvalue weighted by molar-refractivity contribution is -0.380. The number of nitrogens with one attached hydrogen (secondary N) is 2. The first-order chi connectivity index (χ1) is 53.9. The zero-order valence-corrected chi connectivity index (χ0v) is 69.3. The van der Waals surface area contributed by atoms with Gasteiger partial charge in [-0.05, 0) is 50.3 Å². The highest BCUT2D eigenvalue weighted by atomic mass is 35.6. The van der Waals surface area contributed by atoms with Crippen LogP contribution in [0.3, 0.4) is 0 Å². The lowest BCUT2D eigenvalue weighted by Crippen LogP contribution is -2.72. The van der Waals surface area contributed by atoms with E-state index >= 15 is 0 Å². The molecule has 0 aliphatic carbocycles. The van der Waals surface area contributed by atoms with Crippen LogP contribution in [0.4, 0.5) is 4.79 Å². The first-order valence-corrected chi connectivity index (χ1v) is 39.1. The lowest BCUT2D eigenvalue weighted by Gasteiger charge is -2.52. The minimum absolute atomic E-state index is 0.0110. The number of hydrogen-bond acceptors (Lipinski definition) is 30. The van der Waals surface area contributed by atoms with Crippen molar-refractivity contribution in [2.75, 3.05) is 45.5 Å². The molecule has 4 aliphatic rings. The zero-order chi connectivity index (χ0) is 83.6. The molecule has 0 spiro atoms. The highest BCUT2D eigenvalue weighted by Crippen LogP contribution is 2.41. The standard InChI is InChI=1S/C75H95Cl7N2O30/c1-40(85)83-54-61(114-72(94)101-39-74(77,78)79)57(51(36-96-33-48-26-18-14-19-27-48)107-66(54)97-31-23-12-11-22-30-76)111-68-65(106-46(7)91)63(59(103-43(4)88)53(110-68)38-100-71(93)73(8,9)10)113-67-55(84-70(92)75(80,81)82)60(56(99-34-49-28-20-15-21-29-49)50(108-67)35-95-32-47-24-16-13-17-25-47)112-69-64(105-45(6)90)62(104-44(5)89)58(102-42(3)87)52(109-69)37-98-41(2)86/h13-21,24-29,50-69H,11-12,22-23,30-39H2,1-10H3,(H,83,85)(H,84,92)/t50-,51-,52-,53-,54-,55-,56-,57-,58+,59+,60-,61-,62+,63+,64-,65-,66-,67+,68+,69+/m1/s1. The smallest absolute Gasteiger partial charge is 0.463 e. The summed E-state index contributed by atoms with van der Waals surface area (Å²) in [4.78, 5) is 137. The molecule has 2 amide bonds. The van der Waals surface area contributed by atoms with Crippen molar-refractivity contribution in [1.29, 1.82) is 0 Å². The van der Waals surface area contributed by atoms with E-state index in [0.717, 1.165) is 54.9 Å². The normalized spacial score (nSPS) is 27.8. The van der Waals surface area contributed by atoms with Crippen molar-refractivity contribution < 1.29 is 143 Å². The van der Waals surface area contributed by atoms with Gasteiger partial charge >= 0.3 is 47.9 Å². The van der Waals surface area contributed by atoms with Crippen LogP contribution in [0, 0.1) is 5.41 Å². The van der Waals surface area contributed by atoms with Gasteiger partial charge in [-0.1, -0.05) is 173 Å². The van der Waals surface area contributed by atoms with Crippen LogP contribution in [0.1, 0.15) is 112 Å². The fraction of sp³-hybridized carbons (Fsp3) is 0.627. The van der Waals surface area contributed by atoms with Crippen LogP contribution in [0.2, 0.25) is 0 Å². The molecule has 0 bridgehead atoms. The molecule has 7 rings (SSSR count). The van der Waals surface area contributed by atoms with Gasteiger partial charge in [0.2, 0.25) is 9.70 Å². The molecule has 0 saturated carbocycles. The minimum Gasteiger partial charge on any atom is -0.463 e. The van der Waals surface area contributed by atoms with Crippen LogP contribution in [0.25, 0.3) is 0 Å². The van der Waals surface area contributed by atoms with Gasteiger partial charge in [0.25, 0.3) is 9.70 Å². The summed E-state index contributed by atoms with van der Waals surface area (Å²) in [5.41, 5.74) is 0.588. The third-order valence-electron chi connectivity index (χ3n) is 17.2. The molecule has 0 aromatic heterocycles. The average molecular weight is 1750 g/mol. The Hall–Kier alpha value is -6.25. The van der Waals surface area contributed by atoms with Crippen molar-refractivity contribution >= 4 is 141 Å². The number of halogens is 7. The number of carbonyl (C=O) groups is 10. The van der Waals surface area contributed by atoms with Gasteiger partial charge in [0.05, 0.1) is 38.4 Å². The molecule has 3 aromatic rings. The fourth-order valence-corrected chi connectivity index (χ4v) is 12.9. The summed E-state index contributed by atoms with van der Waals surface area (Å²) in [6, 6.07) is 22.5. The SMILES string of the molecule is CC(=O)N[C@H]1[C@H](OCCCCCCCl)O[C@H](COCc2ccccc2)[C@@H](O[C@@H]2O[C@H](COC(=O)C(C)(C)C)[C@H](OC(C)=O)[C@H](O[C@@H]3O[C@H](COCc4ccccc4)[C@@H](OCc4ccccc4)[C@H](O[C@@H]4O[C@H](COC(C)=O)[C@H](OC(C)=O)[C@H](OC(C)=O)[C@H]4OC(C)=O)[C@H]3NC(=O)C(Cl)(Cl)Cl)[C@H]2OC(C)=O)[C@@H]1OC(=O)OCC(Cl)(Cl)Cl. The Morgan fingerprint density at radius 2 is 0.816 bits per heavy atom. The molecule has 4 fully saturated rings. The van der Waals surface area contributed by atoms with Gasteiger partial charge in [-0.15, -0.1) is 11.6 Å². The summed E-state index contributed by atoms with van der Waals surface area (Å²) in [6.45, 7) is 7.60. The van der Waals surface area contributed by atoms with Gasteiger partial charge in [0, 0.05) is 61.0 Å². The maximum Gasteiger partial charge on any atom is 0.508 e. The first kappa shape index (κ1) is 94.9. The number of unbranched alkanes of at least 4 members (excludes halogenated alkanes) is 3. The van der Waals surface area contributed by atoms with E-state index in [2.05, 4.69) is 10.6 Å². The van der Waals surface area contributed by atoms with Crippen LogP contribution in [-0.2, 0) is 158 Å². The maximum atomic E-state index is 14.9. The summed E-state index contributed by atoms with van der Waals surface area (Å²) in [6.07, 6.45) is -33.2. The Balaban J connectivity index is 1.51. The van der Waals surface area contributed by atoms with Gasteiger partial charge in [0.15, 0.2) is 61.8 Å². The van der Waals surface area contributed by atoms with Crippen LogP contribution >= 0.6 is 81.2 Å². The third kappa shape index (κ3) is 30.6. The van der Waals surface area contributed by atoms with Gasteiger partial charge < -0.3 is 105 Å². The predicted molar refractivity (Wildman–Crippen MR) is 403 cm³/mol. The highest BCUT2D eigenvalue weighted by Gasteiger charge is 2.62. The van der Waals surface area contributed by atoms with Crippen LogP contribution in [-0.4, -0.2) is 236 Å². The minimum atomic E-state index is -2.92. The molecule has 4 aliphatic heterocycles. The second-order valence-electron chi connectivity index (χ2n) is 27.7. The van der Waals surface area contributed by atoms with Crippen LogP contribution < -0.4 is 10.6 Å². The average Bonchev–Trinajstić information content (AvgIpc) is 0.703. The summed E-state index contributed by atoms with van der Waals surface area (Å²) in [7, 11) is 0. The van der Waals surface area contributed by atoms with Crippen molar-refractivity contribution in [2.24, 2.45) is 5.41 Å². The van der Waals surface area contributed by atoms with Crippen molar-refractivity contribution in [3.8, 4) is 0 Å². The van der Waals surface area contributed by atoms with E-state index in [1.807, 2.05) is 0 Å². The van der Waals surface area contributed by atoms with E-state index in [-0.39, 0.29) is 26.4 Å². The Morgan fingerprint density at radius 1 is 0.395 bits per heavy atom. The molecule has 2 N–H and O–H groups in total. The second-order valence-corrected chi connectivity index (χ2v) is 32.9. The molecule has 20 atom stereocenters. The number of carbonyl (C=O) groups excluding carboxylic acids is 10. The molecule has 32 nitrogen and oxygen atoms in total. The molecule has 634 valence electrons. The molecular weight excluding hydrogens is 1660 g/mol. The molecule has 114 heavy (non-hydrogen) atoms. The van der Waals surface area contributed by atoms with Gasteiger partial charge in [-0.25, -0.2) is 4.79 Å². The Labute approximate surface area is 693 Å². The number of ether oxygens (including phenoxy) is 20. The number of hydrogen-bond donors (Lipinski definition) is 2. The second kappa shape index (κ2) is 45.6. The molecular formula is C75H95Cl7N2O30. The Kier molecular flexibility index (Phi) is 38.0. The van der Waals surface area contributed by atoms with Gasteiger partial charge in [-0.3, -0.25) is 43.2 Å². The van der Waals surface area contributed by atoms with E-state index < -0.39 is 228 Å². The molecule has 4 saturated heterocycles. The summed E-state index contributed by atoms with van der Waals surface area (Å²) < 4.78 is 122. The van der Waals surface area contributed by atoms with E-state index in [0.29, 0.717) is 41.8 Å². The molecule has 39 heteroatoms. The van der Waals surface area contributed by atoms with E-state index in [4.69, 9.17) is 176 Å². The van der Waals surface area contributed by atoms with Crippen LogP contribution in [0.15, 0.2) is 91.0 Å². The van der Waals surface area contributed by atoms with E-state index in [1.54, 1.807) is 91.0 Å². The quantitative estimate of drug-likeness (QED) is 0.0235. The molecule has 3 aromatic carbocycles. The van der Waals surface area contributed by atoms with Gasteiger partial charge in [-0.2, -0.15) is 0 Å². The topological polar surface area (TPSA) is 379 Å². The molecule has 0 radical (unpaired) electrons. The largest absolute Gasteiger partial charge is 0.508 e. The first-order valence-electron chi connectivity index (χ1n) is 36.3. The summed E-state index contributed by atoms with van der Waals surface area (Å²) in [5, 5.41) is 5.34. The monoisotopic (exact) mass is 1750 g/mol. The predicted octanol–water partition coefficient (Wildman–Crippen LogP) is 8.94. The van der Waals surface area contributed by atoms with Crippen molar-refractivity contribution in [3.63, 3.8) is 0 Å². The molecule has 4 heterocycles. The highest BCUT2D eigenvalue weighted by molar-refractivity contribution is 6.76. The van der Waals surface area contributed by atoms with E-state index in [1.165, 1.54) is 20.8 Å². The Bertz CT molecular complexity index is 3600. The lowest BCUT2D eigenvalue weighted by atomic mass is 9.93. The van der Waals surface area contributed by atoms with Gasteiger partial charge in [0.1, 0.15) is 80.7 Å². The van der Waals surface area contributed by atoms with E-state index in [9.17, 15) is 47.9 Å². The third-order valence-corrected chi connectivity index (χ3v) is 18.3.